The Balaban J connectivity index is 1.24. The Kier molecular flexibility index (Phi) is 6.33. The molecule has 0 unspecified atom stereocenters. The quantitative estimate of drug-likeness (QED) is 0.244. The predicted octanol–water partition coefficient (Wildman–Crippen LogP) is 6.19. The third-order valence-corrected chi connectivity index (χ3v) is 6.84. The lowest BCUT2D eigenvalue weighted by Crippen LogP contribution is -2.13. The second kappa shape index (κ2) is 10.1. The fourth-order valence-corrected chi connectivity index (χ4v) is 4.77. The molecule has 0 radical (unpaired) electrons. The Hall–Kier alpha value is -4.90. The minimum Gasteiger partial charge on any atom is -0.496 e. The van der Waals surface area contributed by atoms with Gasteiger partial charge in [-0.25, -0.2) is 13.9 Å². The molecule has 0 bridgehead atoms. The Morgan fingerprint density at radius 2 is 1.95 bits per heavy atom. The first kappa shape index (κ1) is 24.4. The van der Waals surface area contributed by atoms with E-state index in [2.05, 4.69) is 15.4 Å². The molecule has 6 aromatic rings. The highest BCUT2D eigenvalue weighted by atomic mass is 32.1. The van der Waals surface area contributed by atoms with Gasteiger partial charge >= 0.3 is 0 Å². The van der Waals surface area contributed by atoms with Crippen molar-refractivity contribution >= 4 is 38.9 Å². The predicted molar refractivity (Wildman–Crippen MR) is 144 cm³/mol. The molecule has 39 heavy (non-hydrogen) atoms. The van der Waals surface area contributed by atoms with Crippen LogP contribution >= 0.6 is 11.3 Å². The van der Waals surface area contributed by atoms with Crippen molar-refractivity contribution in [1.82, 2.24) is 14.6 Å². The molecule has 0 saturated carbocycles. The lowest BCUT2D eigenvalue weighted by molar-refractivity contribution is 0.102. The maximum absolute atomic E-state index is 14.0. The van der Waals surface area contributed by atoms with Crippen LogP contribution in [0.25, 0.3) is 27.4 Å². The van der Waals surface area contributed by atoms with Crippen molar-refractivity contribution in [1.29, 1.82) is 0 Å². The number of methoxy groups -OCH3 is 2. The average Bonchev–Trinajstić information content (AvgIpc) is 3.65. The van der Waals surface area contributed by atoms with E-state index in [1.165, 1.54) is 29.5 Å². The molecule has 0 atom stereocenters. The van der Waals surface area contributed by atoms with Gasteiger partial charge in [0, 0.05) is 17.8 Å². The number of benzene rings is 3. The normalized spacial score (nSPS) is 11.2. The van der Waals surface area contributed by atoms with Gasteiger partial charge in [-0.3, -0.25) is 4.79 Å². The van der Waals surface area contributed by atoms with Crippen LogP contribution < -0.4 is 19.5 Å². The van der Waals surface area contributed by atoms with E-state index in [4.69, 9.17) is 18.6 Å². The van der Waals surface area contributed by atoms with Gasteiger partial charge in [0.1, 0.15) is 35.2 Å². The fraction of sp³-hybridized carbons (Fsp3) is 0.107. The van der Waals surface area contributed by atoms with Crippen molar-refractivity contribution in [3.8, 4) is 28.1 Å². The van der Waals surface area contributed by atoms with Crippen molar-refractivity contribution in [3.63, 3.8) is 0 Å². The number of aromatic nitrogens is 3. The maximum atomic E-state index is 14.0. The SMILES string of the molecule is COc1cc(OCc2cccc(NC(=O)c3ccccc3F)c2)c2cc(-c3cn4nc(OC)sc4n3)oc2c1. The number of rotatable bonds is 8. The smallest absolute Gasteiger partial charge is 0.294 e. The zero-order valence-electron chi connectivity index (χ0n) is 20.8. The van der Waals surface area contributed by atoms with Crippen molar-refractivity contribution in [2.75, 3.05) is 19.5 Å². The lowest BCUT2D eigenvalue weighted by Gasteiger charge is -2.11. The third kappa shape index (κ3) is 4.87. The van der Waals surface area contributed by atoms with Crippen LogP contribution in [0, 0.1) is 5.82 Å². The molecule has 3 aromatic carbocycles. The highest BCUT2D eigenvalue weighted by molar-refractivity contribution is 7.18. The molecule has 0 aliphatic carbocycles. The van der Waals surface area contributed by atoms with Crippen molar-refractivity contribution in [2.24, 2.45) is 0 Å². The topological polar surface area (TPSA) is 100 Å². The Labute approximate surface area is 225 Å². The summed E-state index contributed by atoms with van der Waals surface area (Å²) in [5.41, 5.74) is 2.50. The summed E-state index contributed by atoms with van der Waals surface area (Å²) in [6.45, 7) is 0.204. The summed E-state index contributed by atoms with van der Waals surface area (Å²) in [4.78, 5) is 17.8. The number of carbonyl (C=O) groups excluding carboxylic acids is 1. The van der Waals surface area contributed by atoms with Gasteiger partial charge in [0.2, 0.25) is 4.96 Å². The first-order valence-corrected chi connectivity index (χ1v) is 12.6. The van der Waals surface area contributed by atoms with Crippen LogP contribution in [-0.4, -0.2) is 34.7 Å². The van der Waals surface area contributed by atoms with E-state index in [0.29, 0.717) is 44.4 Å². The number of anilines is 1. The summed E-state index contributed by atoms with van der Waals surface area (Å²) in [7, 11) is 3.13. The molecule has 0 saturated heterocycles. The zero-order valence-corrected chi connectivity index (χ0v) is 21.6. The van der Waals surface area contributed by atoms with E-state index in [-0.39, 0.29) is 12.2 Å². The number of imidazole rings is 1. The number of fused-ring (bicyclic) bond motifs is 2. The van der Waals surface area contributed by atoms with Crippen LogP contribution in [0.3, 0.4) is 0 Å². The van der Waals surface area contributed by atoms with Crippen LogP contribution in [0.4, 0.5) is 10.1 Å². The van der Waals surface area contributed by atoms with E-state index in [0.717, 1.165) is 10.9 Å². The second-order valence-electron chi connectivity index (χ2n) is 8.50. The standard InChI is InChI=1S/C28H21FN4O5S/c1-35-18-11-23(20-13-25(38-24(20)12-18)22-14-33-27(31-22)39-28(32-33)36-2)37-15-16-6-5-7-17(10-16)30-26(34)19-8-3-4-9-21(19)29/h3-14H,15H2,1-2H3,(H,30,34). The van der Waals surface area contributed by atoms with Gasteiger partial charge in [0.15, 0.2) is 5.76 Å². The number of ether oxygens (including phenoxy) is 3. The summed E-state index contributed by atoms with van der Waals surface area (Å²) >= 11 is 1.33. The summed E-state index contributed by atoms with van der Waals surface area (Å²) in [6, 6.07) is 18.4. The first-order chi connectivity index (χ1) is 19.0. The Morgan fingerprint density at radius 1 is 1.08 bits per heavy atom. The van der Waals surface area contributed by atoms with Crippen LogP contribution in [0.5, 0.6) is 16.7 Å². The number of furan rings is 1. The van der Waals surface area contributed by atoms with E-state index in [1.54, 1.807) is 61.3 Å². The molecule has 6 rings (SSSR count). The molecular weight excluding hydrogens is 523 g/mol. The van der Waals surface area contributed by atoms with Crippen molar-refractivity contribution in [2.45, 2.75) is 6.61 Å². The van der Waals surface area contributed by atoms with Gasteiger partial charge < -0.3 is 23.9 Å². The third-order valence-electron chi connectivity index (χ3n) is 5.96. The molecule has 1 amide bonds. The average molecular weight is 545 g/mol. The van der Waals surface area contributed by atoms with Gasteiger partial charge in [0.05, 0.1) is 31.4 Å². The molecular formula is C28H21FN4O5S. The number of hydrogen-bond donors (Lipinski definition) is 1. The van der Waals surface area contributed by atoms with Gasteiger partial charge in [-0.2, -0.15) is 0 Å². The van der Waals surface area contributed by atoms with Gasteiger partial charge in [-0.1, -0.05) is 24.3 Å². The van der Waals surface area contributed by atoms with E-state index in [9.17, 15) is 9.18 Å². The summed E-state index contributed by atoms with van der Waals surface area (Å²) in [5.74, 6) is 0.571. The number of amides is 1. The molecule has 0 spiro atoms. The van der Waals surface area contributed by atoms with Crippen LogP contribution in [0.2, 0.25) is 0 Å². The summed E-state index contributed by atoms with van der Waals surface area (Å²) in [5, 5.41) is 8.30. The zero-order chi connectivity index (χ0) is 26.9. The largest absolute Gasteiger partial charge is 0.496 e. The van der Waals surface area contributed by atoms with Crippen LogP contribution in [0.15, 0.2) is 77.3 Å². The molecule has 9 nitrogen and oxygen atoms in total. The second-order valence-corrected chi connectivity index (χ2v) is 9.41. The summed E-state index contributed by atoms with van der Waals surface area (Å²) in [6.07, 6.45) is 1.77. The van der Waals surface area contributed by atoms with E-state index < -0.39 is 11.7 Å². The molecule has 3 heterocycles. The molecule has 0 aliphatic heterocycles. The number of hydrogen-bond acceptors (Lipinski definition) is 8. The van der Waals surface area contributed by atoms with Gasteiger partial charge in [-0.05, 0) is 47.2 Å². The molecule has 3 aromatic heterocycles. The monoisotopic (exact) mass is 544 g/mol. The number of nitrogens with one attached hydrogen (secondary N) is 1. The lowest BCUT2D eigenvalue weighted by atomic mass is 10.1. The van der Waals surface area contributed by atoms with E-state index in [1.807, 2.05) is 12.1 Å². The molecule has 196 valence electrons. The number of carbonyl (C=O) groups is 1. The highest BCUT2D eigenvalue weighted by Crippen LogP contribution is 2.37. The molecule has 1 N–H and O–H groups in total. The minimum absolute atomic E-state index is 0.0267. The van der Waals surface area contributed by atoms with Crippen molar-refractivity contribution < 1.29 is 27.8 Å². The summed E-state index contributed by atoms with van der Waals surface area (Å²) < 4.78 is 38.5. The highest BCUT2D eigenvalue weighted by Gasteiger charge is 2.17. The minimum atomic E-state index is -0.581. The Morgan fingerprint density at radius 3 is 2.74 bits per heavy atom. The van der Waals surface area contributed by atoms with Crippen LogP contribution in [-0.2, 0) is 6.61 Å². The van der Waals surface area contributed by atoms with E-state index >= 15 is 0 Å². The molecule has 11 heteroatoms. The van der Waals surface area contributed by atoms with Gasteiger partial charge in [0.25, 0.3) is 11.1 Å². The number of nitrogens with zero attached hydrogens (tertiary/aromatic N) is 3. The van der Waals surface area contributed by atoms with Crippen molar-refractivity contribution in [3.05, 3.63) is 89.9 Å². The Bertz CT molecular complexity index is 1790. The first-order valence-electron chi connectivity index (χ1n) is 11.8. The van der Waals surface area contributed by atoms with Gasteiger partial charge in [-0.15, -0.1) is 5.10 Å². The fourth-order valence-electron chi connectivity index (χ4n) is 4.07. The maximum Gasteiger partial charge on any atom is 0.294 e. The molecule has 0 fully saturated rings. The number of halogens is 1. The van der Waals surface area contributed by atoms with Crippen LogP contribution in [0.1, 0.15) is 15.9 Å². The molecule has 0 aliphatic rings.